The lowest BCUT2D eigenvalue weighted by molar-refractivity contribution is -0.135. The van der Waals surface area contributed by atoms with Crippen molar-refractivity contribution in [2.45, 2.75) is 75.3 Å². The number of piperidine rings is 2. The number of alkyl halides is 4. The molecule has 55 heavy (non-hydrogen) atoms. The third-order valence-electron chi connectivity index (χ3n) is 11.4. The molecule has 2 N–H and O–H groups in total. The first kappa shape index (κ1) is 36.6. The lowest BCUT2D eigenvalue weighted by Gasteiger charge is -2.41. The number of aryl methyl sites for hydroxylation is 1. The third kappa shape index (κ3) is 7.03. The minimum Gasteiger partial charge on any atom is -0.321 e. The van der Waals surface area contributed by atoms with Crippen LogP contribution < -0.4 is 16.3 Å². The zero-order chi connectivity index (χ0) is 38.6. The van der Waals surface area contributed by atoms with E-state index in [2.05, 4.69) is 15.6 Å². The number of amides is 3. The van der Waals surface area contributed by atoms with Gasteiger partial charge in [-0.05, 0) is 92.9 Å². The SMILES string of the molecule is Cn1c(=O)n(C2CCC(=O)NC2=O)c2cccc(C3CCN(CC4CCC(n5cc6cc(NC(=O)c7cccc(C(F)F)n7)ccc6n5)CC4)CC3(F)F)c21. The molecule has 5 aromatic rings. The number of hydrogen-bond acceptors (Lipinski definition) is 7. The summed E-state index contributed by atoms with van der Waals surface area (Å²) in [4.78, 5) is 56.1. The average Bonchev–Trinajstić information content (AvgIpc) is 3.69. The molecular formula is C39H40F4N8O4. The monoisotopic (exact) mass is 760 g/mol. The van der Waals surface area contributed by atoms with E-state index in [1.54, 1.807) is 36.4 Å². The summed E-state index contributed by atoms with van der Waals surface area (Å²) in [6, 6.07) is 13.4. The van der Waals surface area contributed by atoms with Gasteiger partial charge in [-0.3, -0.25) is 38.4 Å². The quantitative estimate of drug-likeness (QED) is 0.144. The highest BCUT2D eigenvalue weighted by molar-refractivity contribution is 6.04. The summed E-state index contributed by atoms with van der Waals surface area (Å²) in [5, 5.41) is 10.6. The van der Waals surface area contributed by atoms with Gasteiger partial charge < -0.3 is 5.32 Å². The minimum absolute atomic E-state index is 0.0897. The van der Waals surface area contributed by atoms with Crippen LogP contribution in [0.3, 0.4) is 0 Å². The predicted molar refractivity (Wildman–Crippen MR) is 195 cm³/mol. The number of likely N-dealkylation sites (tertiary alicyclic amines) is 1. The highest BCUT2D eigenvalue weighted by atomic mass is 19.3. The van der Waals surface area contributed by atoms with Gasteiger partial charge in [0.15, 0.2) is 0 Å². The van der Waals surface area contributed by atoms with Crippen LogP contribution in [0.1, 0.15) is 91.1 Å². The Kier molecular flexibility index (Phi) is 9.55. The Bertz CT molecular complexity index is 2360. The number of carbonyl (C=O) groups excluding carboxylic acids is 3. The highest BCUT2D eigenvalue weighted by Gasteiger charge is 2.47. The smallest absolute Gasteiger partial charge is 0.321 e. The lowest BCUT2D eigenvalue weighted by atomic mass is 9.83. The standard InChI is InChI=1S/C39H40F4N8O4/c1-48-34-26(4-2-7-31(34)51(38(48)55)32-14-15-33(52)46-37(32)54)27-16-17-49(21-39(27,42)43)19-22-8-11-25(12-9-22)50-20-23-18-24(10-13-28(23)47-50)44-36(53)30-6-3-5-29(45-30)35(40)41/h2-7,10,13,18,20,22,25,27,32,35H,8-9,11-12,14-17,19,21H2,1H3,(H,44,53)(H,46,52,54). The number of carbonyl (C=O) groups is 3. The van der Waals surface area contributed by atoms with Crippen molar-refractivity contribution in [1.29, 1.82) is 0 Å². The van der Waals surface area contributed by atoms with E-state index in [1.807, 2.05) is 15.8 Å². The number of fused-ring (bicyclic) bond motifs is 2. The molecule has 16 heteroatoms. The largest absolute Gasteiger partial charge is 0.329 e. The van der Waals surface area contributed by atoms with Crippen LogP contribution in [0.15, 0.2) is 65.6 Å². The molecule has 5 heterocycles. The summed E-state index contributed by atoms with van der Waals surface area (Å²) in [6.45, 7) is 0.644. The third-order valence-corrected chi connectivity index (χ3v) is 11.4. The van der Waals surface area contributed by atoms with Crippen LogP contribution in [-0.4, -0.2) is 72.1 Å². The lowest BCUT2D eigenvalue weighted by Crippen LogP contribution is -2.49. The van der Waals surface area contributed by atoms with Crippen LogP contribution in [0, 0.1) is 5.92 Å². The van der Waals surface area contributed by atoms with Gasteiger partial charge in [0.05, 0.1) is 35.1 Å². The highest BCUT2D eigenvalue weighted by Crippen LogP contribution is 2.44. The van der Waals surface area contributed by atoms with Gasteiger partial charge in [0, 0.05) is 37.3 Å². The summed E-state index contributed by atoms with van der Waals surface area (Å²) < 4.78 is 62.9. The van der Waals surface area contributed by atoms with E-state index in [4.69, 9.17) is 5.10 Å². The number of halogens is 4. The number of imide groups is 1. The maximum absolute atomic E-state index is 16.1. The first-order valence-corrected chi connectivity index (χ1v) is 18.6. The van der Waals surface area contributed by atoms with E-state index >= 15 is 8.78 Å². The number of para-hydroxylation sites is 1. The van der Waals surface area contributed by atoms with Crippen molar-refractivity contribution in [1.82, 2.24) is 34.1 Å². The fourth-order valence-electron chi connectivity index (χ4n) is 8.69. The molecule has 0 radical (unpaired) electrons. The summed E-state index contributed by atoms with van der Waals surface area (Å²) in [5.41, 5.74) is 1.33. The second-order valence-electron chi connectivity index (χ2n) is 15.0. The van der Waals surface area contributed by atoms with Crippen molar-refractivity contribution in [3.63, 3.8) is 0 Å². The maximum atomic E-state index is 16.1. The molecule has 2 atom stereocenters. The van der Waals surface area contributed by atoms with Crippen molar-refractivity contribution >= 4 is 45.3 Å². The van der Waals surface area contributed by atoms with Gasteiger partial charge >= 0.3 is 5.69 Å². The topological polar surface area (TPSA) is 136 Å². The first-order valence-electron chi connectivity index (χ1n) is 18.6. The second-order valence-corrected chi connectivity index (χ2v) is 15.0. The molecule has 0 bridgehead atoms. The van der Waals surface area contributed by atoms with Gasteiger partial charge in [-0.1, -0.05) is 18.2 Å². The van der Waals surface area contributed by atoms with Crippen molar-refractivity contribution in [3.8, 4) is 0 Å². The molecular weight excluding hydrogens is 720 g/mol. The van der Waals surface area contributed by atoms with E-state index < -0.39 is 60.0 Å². The van der Waals surface area contributed by atoms with Crippen LogP contribution >= 0.6 is 0 Å². The van der Waals surface area contributed by atoms with Gasteiger partial charge in [-0.2, -0.15) is 5.10 Å². The van der Waals surface area contributed by atoms with Crippen LogP contribution in [0.25, 0.3) is 21.9 Å². The molecule has 2 aliphatic heterocycles. The van der Waals surface area contributed by atoms with Gasteiger partial charge in [-0.25, -0.2) is 27.3 Å². The van der Waals surface area contributed by atoms with Crippen molar-refractivity contribution in [2.75, 3.05) is 25.0 Å². The number of aromatic nitrogens is 5. The van der Waals surface area contributed by atoms with Gasteiger partial charge in [0.2, 0.25) is 11.8 Å². The Morgan fingerprint density at radius 1 is 1.00 bits per heavy atom. The van der Waals surface area contributed by atoms with Crippen molar-refractivity contribution < 1.29 is 31.9 Å². The van der Waals surface area contributed by atoms with Crippen LogP contribution in [-0.2, 0) is 16.6 Å². The Labute approximate surface area is 312 Å². The number of anilines is 1. The summed E-state index contributed by atoms with van der Waals surface area (Å²) in [5.74, 6) is -5.49. The Morgan fingerprint density at radius 2 is 1.78 bits per heavy atom. The fraction of sp³-hybridized carbons (Fsp3) is 0.436. The van der Waals surface area contributed by atoms with E-state index in [0.717, 1.165) is 36.6 Å². The number of pyridine rings is 1. The molecule has 2 saturated heterocycles. The van der Waals surface area contributed by atoms with E-state index in [-0.39, 0.29) is 36.9 Å². The fourth-order valence-corrected chi connectivity index (χ4v) is 8.69. The molecule has 3 amide bonds. The average molecular weight is 761 g/mol. The first-order chi connectivity index (χ1) is 26.4. The van der Waals surface area contributed by atoms with E-state index in [0.29, 0.717) is 35.4 Å². The number of hydrogen-bond donors (Lipinski definition) is 2. The van der Waals surface area contributed by atoms with Crippen LogP contribution in [0.5, 0.6) is 0 Å². The second kappa shape index (κ2) is 14.4. The van der Waals surface area contributed by atoms with Gasteiger partial charge in [0.25, 0.3) is 18.3 Å². The van der Waals surface area contributed by atoms with Crippen molar-refractivity contribution in [3.05, 3.63) is 88.2 Å². The number of benzene rings is 2. The van der Waals surface area contributed by atoms with Crippen LogP contribution in [0.2, 0.25) is 0 Å². The number of nitrogens with one attached hydrogen (secondary N) is 2. The molecule has 0 spiro atoms. The van der Waals surface area contributed by atoms with E-state index in [1.165, 1.54) is 34.4 Å². The molecule has 3 aromatic heterocycles. The number of imidazole rings is 1. The maximum Gasteiger partial charge on any atom is 0.329 e. The van der Waals surface area contributed by atoms with Crippen molar-refractivity contribution in [2.24, 2.45) is 13.0 Å². The minimum atomic E-state index is -3.06. The molecule has 2 aromatic carbocycles. The van der Waals surface area contributed by atoms with Gasteiger partial charge in [0.1, 0.15) is 17.4 Å². The number of rotatable bonds is 8. The zero-order valence-electron chi connectivity index (χ0n) is 30.1. The summed E-state index contributed by atoms with van der Waals surface area (Å²) in [6.07, 6.45) is 2.98. The zero-order valence-corrected chi connectivity index (χ0v) is 30.1. The predicted octanol–water partition coefficient (Wildman–Crippen LogP) is 6.11. The number of nitrogens with zero attached hydrogens (tertiary/aromatic N) is 6. The van der Waals surface area contributed by atoms with Crippen LogP contribution in [0.4, 0.5) is 23.2 Å². The molecule has 1 saturated carbocycles. The summed E-state index contributed by atoms with van der Waals surface area (Å²) in [7, 11) is 1.53. The summed E-state index contributed by atoms with van der Waals surface area (Å²) >= 11 is 0. The molecule has 2 unspecified atom stereocenters. The van der Waals surface area contributed by atoms with E-state index in [9.17, 15) is 28.0 Å². The molecule has 12 nitrogen and oxygen atoms in total. The Morgan fingerprint density at radius 3 is 2.53 bits per heavy atom. The molecule has 3 fully saturated rings. The molecule has 288 valence electrons. The van der Waals surface area contributed by atoms with Gasteiger partial charge in [-0.15, -0.1) is 0 Å². The Balaban J connectivity index is 0.891. The molecule has 1 aliphatic carbocycles. The molecule has 3 aliphatic rings. The molecule has 8 rings (SSSR count). The Hall–Kier alpha value is -5.38. The normalized spacial score (nSPS) is 23.4.